The summed E-state index contributed by atoms with van der Waals surface area (Å²) in [4.78, 5) is 4.79. The van der Waals surface area contributed by atoms with Crippen molar-refractivity contribution in [3.05, 3.63) is 84.9 Å². The van der Waals surface area contributed by atoms with Crippen LogP contribution in [0, 0.1) is 0 Å². The van der Waals surface area contributed by atoms with Crippen molar-refractivity contribution in [2.75, 3.05) is 44.2 Å². The zero-order valence-corrected chi connectivity index (χ0v) is 17.7. The van der Waals surface area contributed by atoms with E-state index >= 15 is 0 Å². The summed E-state index contributed by atoms with van der Waals surface area (Å²) in [6.07, 6.45) is -0.511. The summed E-state index contributed by atoms with van der Waals surface area (Å²) in [5.41, 5.74) is 1.30. The summed E-state index contributed by atoms with van der Waals surface area (Å²) in [6, 6.07) is 29.3. The maximum absolute atomic E-state index is 10.6. The number of aliphatic hydroxyl groups is 1. The molecule has 4 nitrogen and oxygen atoms in total. The molecule has 4 heteroatoms. The molecule has 4 aromatic carbocycles. The molecular weight excluding hydrogens is 384 g/mol. The van der Waals surface area contributed by atoms with Crippen LogP contribution in [0.5, 0.6) is 5.75 Å². The minimum atomic E-state index is -0.511. The van der Waals surface area contributed by atoms with E-state index in [0.29, 0.717) is 13.2 Å². The van der Waals surface area contributed by atoms with Gasteiger partial charge in [0, 0.05) is 49.2 Å². The lowest BCUT2D eigenvalue weighted by Gasteiger charge is -2.37. The number of fused-ring (bicyclic) bond motifs is 2. The van der Waals surface area contributed by atoms with E-state index in [0.717, 1.165) is 42.7 Å². The standard InChI is InChI=1S/C27H28N2O2/c30-23(20-31-27-14-6-10-22-8-2-4-12-25(22)27)19-28-15-17-29(18-16-28)26-13-5-9-21-7-1-3-11-24(21)26/h1-14,23,30H,15-20H2. The number of nitrogens with zero attached hydrogens (tertiary/aromatic N) is 2. The van der Waals surface area contributed by atoms with E-state index < -0.39 is 6.10 Å². The maximum Gasteiger partial charge on any atom is 0.127 e. The van der Waals surface area contributed by atoms with E-state index in [9.17, 15) is 5.11 Å². The molecular formula is C27H28N2O2. The molecule has 1 unspecified atom stereocenters. The largest absolute Gasteiger partial charge is 0.490 e. The lowest BCUT2D eigenvalue weighted by Crippen LogP contribution is -2.49. The van der Waals surface area contributed by atoms with E-state index in [1.54, 1.807) is 0 Å². The van der Waals surface area contributed by atoms with Gasteiger partial charge in [0.05, 0.1) is 0 Å². The van der Waals surface area contributed by atoms with Crippen LogP contribution in [0.2, 0.25) is 0 Å². The molecule has 31 heavy (non-hydrogen) atoms. The van der Waals surface area contributed by atoms with Crippen LogP contribution in [0.4, 0.5) is 5.69 Å². The number of β-amino-alcohol motifs (C(OH)–C–C–N with tert-alkyl or cyclic N) is 1. The molecule has 0 spiro atoms. The van der Waals surface area contributed by atoms with Gasteiger partial charge >= 0.3 is 0 Å². The van der Waals surface area contributed by atoms with Crippen LogP contribution in [0.15, 0.2) is 84.9 Å². The fourth-order valence-electron chi connectivity index (χ4n) is 4.51. The first-order chi connectivity index (χ1) is 15.3. The monoisotopic (exact) mass is 412 g/mol. The topological polar surface area (TPSA) is 35.9 Å². The van der Waals surface area contributed by atoms with Crippen molar-refractivity contribution in [3.63, 3.8) is 0 Å². The Hall–Kier alpha value is -3.08. The molecule has 1 aliphatic rings. The Bertz CT molecular complexity index is 1160. The van der Waals surface area contributed by atoms with Crippen LogP contribution in [-0.4, -0.2) is 55.4 Å². The number of aliphatic hydroxyl groups excluding tert-OH is 1. The molecule has 0 radical (unpaired) electrons. The zero-order valence-electron chi connectivity index (χ0n) is 17.7. The third kappa shape index (κ3) is 4.36. The quantitative estimate of drug-likeness (QED) is 0.504. The van der Waals surface area contributed by atoms with Gasteiger partial charge in [0.25, 0.3) is 0 Å². The fourth-order valence-corrected chi connectivity index (χ4v) is 4.51. The highest BCUT2D eigenvalue weighted by Gasteiger charge is 2.21. The van der Waals surface area contributed by atoms with Gasteiger partial charge in [-0.05, 0) is 22.9 Å². The second kappa shape index (κ2) is 8.96. The van der Waals surface area contributed by atoms with Gasteiger partial charge in [0.1, 0.15) is 18.5 Å². The molecule has 1 fully saturated rings. The van der Waals surface area contributed by atoms with Gasteiger partial charge in [-0.2, -0.15) is 0 Å². The van der Waals surface area contributed by atoms with Gasteiger partial charge in [0.2, 0.25) is 0 Å². The SMILES string of the molecule is OC(COc1cccc2ccccc12)CN1CCN(c2cccc3ccccc23)CC1. The molecule has 1 heterocycles. The molecule has 1 aliphatic heterocycles. The Morgan fingerprint density at radius 1 is 0.710 bits per heavy atom. The van der Waals surface area contributed by atoms with Gasteiger partial charge in [-0.3, -0.25) is 4.90 Å². The minimum Gasteiger partial charge on any atom is -0.490 e. The number of rotatable bonds is 6. The number of ether oxygens (including phenoxy) is 1. The van der Waals surface area contributed by atoms with Crippen LogP contribution in [0.25, 0.3) is 21.5 Å². The molecule has 0 saturated carbocycles. The molecule has 158 valence electrons. The highest BCUT2D eigenvalue weighted by molar-refractivity contribution is 5.94. The molecule has 1 saturated heterocycles. The third-order valence-electron chi connectivity index (χ3n) is 6.13. The van der Waals surface area contributed by atoms with Crippen molar-refractivity contribution < 1.29 is 9.84 Å². The summed E-state index contributed by atoms with van der Waals surface area (Å²) in [6.45, 7) is 4.74. The van der Waals surface area contributed by atoms with Crippen LogP contribution in [0.1, 0.15) is 0 Å². The number of hydrogen-bond acceptors (Lipinski definition) is 4. The van der Waals surface area contributed by atoms with Crippen LogP contribution in [0.3, 0.4) is 0 Å². The third-order valence-corrected chi connectivity index (χ3v) is 6.13. The second-order valence-electron chi connectivity index (χ2n) is 8.23. The summed E-state index contributed by atoms with van der Waals surface area (Å²) < 4.78 is 5.97. The summed E-state index contributed by atoms with van der Waals surface area (Å²) >= 11 is 0. The summed E-state index contributed by atoms with van der Waals surface area (Å²) in [5, 5.41) is 15.4. The molecule has 0 amide bonds. The number of hydrogen-bond donors (Lipinski definition) is 1. The number of anilines is 1. The van der Waals surface area contributed by atoms with Gasteiger partial charge in [-0.15, -0.1) is 0 Å². The van der Waals surface area contributed by atoms with Gasteiger partial charge in [-0.1, -0.05) is 72.8 Å². The Labute approximate surface area is 183 Å². The first-order valence-corrected chi connectivity index (χ1v) is 11.0. The summed E-state index contributed by atoms with van der Waals surface area (Å²) in [7, 11) is 0. The van der Waals surface area contributed by atoms with E-state index in [2.05, 4.69) is 70.5 Å². The molecule has 1 atom stereocenters. The highest BCUT2D eigenvalue weighted by atomic mass is 16.5. The average molecular weight is 413 g/mol. The average Bonchev–Trinajstić information content (AvgIpc) is 2.83. The molecule has 1 N–H and O–H groups in total. The van der Waals surface area contributed by atoms with Gasteiger partial charge < -0.3 is 14.7 Å². The lowest BCUT2D eigenvalue weighted by molar-refractivity contribution is 0.0668. The lowest BCUT2D eigenvalue weighted by atomic mass is 10.1. The molecule has 0 bridgehead atoms. The molecule has 0 aliphatic carbocycles. The van der Waals surface area contributed by atoms with Crippen LogP contribution in [-0.2, 0) is 0 Å². The summed E-state index contributed by atoms with van der Waals surface area (Å²) in [5.74, 6) is 0.831. The predicted octanol–water partition coefficient (Wildman–Crippen LogP) is 4.55. The van der Waals surface area contributed by atoms with Gasteiger partial charge in [-0.25, -0.2) is 0 Å². The normalized spacial score (nSPS) is 16.0. The fraction of sp³-hybridized carbons (Fsp3) is 0.259. The van der Waals surface area contributed by atoms with E-state index in [1.807, 2.05) is 24.3 Å². The van der Waals surface area contributed by atoms with Crippen molar-refractivity contribution in [1.82, 2.24) is 4.90 Å². The van der Waals surface area contributed by atoms with Crippen molar-refractivity contribution in [2.24, 2.45) is 0 Å². The predicted molar refractivity (Wildman–Crippen MR) is 128 cm³/mol. The Morgan fingerprint density at radius 3 is 2.10 bits per heavy atom. The smallest absolute Gasteiger partial charge is 0.127 e. The Morgan fingerprint density at radius 2 is 1.32 bits per heavy atom. The van der Waals surface area contributed by atoms with Crippen molar-refractivity contribution in [2.45, 2.75) is 6.10 Å². The van der Waals surface area contributed by atoms with Crippen LogP contribution < -0.4 is 9.64 Å². The van der Waals surface area contributed by atoms with Gasteiger partial charge in [0.15, 0.2) is 0 Å². The van der Waals surface area contributed by atoms with Crippen molar-refractivity contribution in [1.29, 1.82) is 0 Å². The van der Waals surface area contributed by atoms with E-state index in [4.69, 9.17) is 4.74 Å². The van der Waals surface area contributed by atoms with Crippen LogP contribution >= 0.6 is 0 Å². The zero-order chi connectivity index (χ0) is 21.0. The van der Waals surface area contributed by atoms with E-state index in [-0.39, 0.29) is 0 Å². The van der Waals surface area contributed by atoms with Crippen molar-refractivity contribution >= 4 is 27.2 Å². The first kappa shape index (κ1) is 19.9. The Balaban J connectivity index is 1.16. The highest BCUT2D eigenvalue weighted by Crippen LogP contribution is 2.28. The molecule has 0 aromatic heterocycles. The Kier molecular flexibility index (Phi) is 5.74. The molecule has 4 aromatic rings. The molecule has 5 rings (SSSR count). The maximum atomic E-state index is 10.6. The van der Waals surface area contributed by atoms with Crippen molar-refractivity contribution in [3.8, 4) is 5.75 Å². The second-order valence-corrected chi connectivity index (χ2v) is 8.23. The minimum absolute atomic E-state index is 0.303. The first-order valence-electron chi connectivity index (χ1n) is 11.0. The number of piperazine rings is 1. The van der Waals surface area contributed by atoms with E-state index in [1.165, 1.54) is 16.5 Å². The number of benzene rings is 4.